The van der Waals surface area contributed by atoms with E-state index in [1.807, 2.05) is 4.90 Å². The van der Waals surface area contributed by atoms with Gasteiger partial charge in [0.2, 0.25) is 5.95 Å². The second-order valence-electron chi connectivity index (χ2n) is 3.86. The number of nitrogens with zero attached hydrogens (tertiary/aromatic N) is 4. The Kier molecular flexibility index (Phi) is 5.61. The summed E-state index contributed by atoms with van der Waals surface area (Å²) in [7, 11) is -4.67. The van der Waals surface area contributed by atoms with Gasteiger partial charge in [-0.2, -0.15) is 8.42 Å². The molecule has 0 unspecified atom stereocenters. The van der Waals surface area contributed by atoms with Crippen molar-refractivity contribution < 1.29 is 17.5 Å². The number of nitrogens with two attached hydrogens (primary N) is 1. The van der Waals surface area contributed by atoms with Crippen LogP contribution in [0.15, 0.2) is 18.5 Å². The lowest BCUT2D eigenvalue weighted by molar-refractivity contribution is 0.377. The molecule has 11 heteroatoms. The summed E-state index contributed by atoms with van der Waals surface area (Å²) in [5, 5.41) is 7.31. The molecule has 1 aromatic rings. The molecule has 0 radical (unpaired) electrons. The zero-order valence-electron chi connectivity index (χ0n) is 10.5. The van der Waals surface area contributed by atoms with Gasteiger partial charge in [-0.05, 0) is 6.07 Å². The Morgan fingerprint density at radius 1 is 1.20 bits per heavy atom. The molecule has 0 amide bonds. The summed E-state index contributed by atoms with van der Waals surface area (Å²) in [6.45, 7) is 3.13. The highest BCUT2D eigenvalue weighted by atomic mass is 32.3. The van der Waals surface area contributed by atoms with Crippen molar-refractivity contribution in [1.82, 2.24) is 14.9 Å². The van der Waals surface area contributed by atoms with E-state index in [0.29, 0.717) is 0 Å². The quantitative estimate of drug-likeness (QED) is 0.285. The number of hydrogen-bond donors (Lipinski definition) is 4. The zero-order valence-corrected chi connectivity index (χ0v) is 11.4. The smallest absolute Gasteiger partial charge is 0.370 e. The fourth-order valence-corrected chi connectivity index (χ4v) is 1.60. The summed E-state index contributed by atoms with van der Waals surface area (Å²) >= 11 is 0. The lowest BCUT2D eigenvalue weighted by Gasteiger charge is -2.34. The number of piperazine rings is 1. The fourth-order valence-electron chi connectivity index (χ4n) is 1.60. The number of hydrogen-bond acceptors (Lipinski definition) is 6. The van der Waals surface area contributed by atoms with E-state index in [0.717, 1.165) is 32.1 Å². The minimum absolute atomic E-state index is 0.142. The van der Waals surface area contributed by atoms with Crippen molar-refractivity contribution in [2.24, 2.45) is 5.73 Å². The van der Waals surface area contributed by atoms with E-state index in [1.165, 1.54) is 0 Å². The minimum atomic E-state index is -4.67. The van der Waals surface area contributed by atoms with E-state index >= 15 is 0 Å². The van der Waals surface area contributed by atoms with Gasteiger partial charge in [0.05, 0.1) is 0 Å². The predicted molar refractivity (Wildman–Crippen MR) is 71.9 cm³/mol. The third kappa shape index (κ3) is 6.26. The molecule has 112 valence electrons. The summed E-state index contributed by atoms with van der Waals surface area (Å²) in [5.41, 5.74) is 5.41. The molecule has 1 aliphatic rings. The zero-order chi connectivity index (χ0) is 15.2. The molecule has 1 aromatic heterocycles. The average Bonchev–Trinajstić information content (AvgIpc) is 2.38. The van der Waals surface area contributed by atoms with Gasteiger partial charge in [0.1, 0.15) is 0 Å². The van der Waals surface area contributed by atoms with Crippen molar-refractivity contribution in [3.05, 3.63) is 18.5 Å². The Labute approximate surface area is 116 Å². The molecule has 2 rings (SSSR count). The average molecular weight is 304 g/mol. The maximum atomic E-state index is 8.74. The Hall–Kier alpha value is -1.98. The number of guanidine groups is 1. The Morgan fingerprint density at radius 2 is 1.65 bits per heavy atom. The number of aromatic nitrogens is 2. The van der Waals surface area contributed by atoms with E-state index < -0.39 is 10.4 Å². The molecule has 1 fully saturated rings. The maximum Gasteiger partial charge on any atom is 0.394 e. The van der Waals surface area contributed by atoms with Crippen molar-refractivity contribution in [2.45, 2.75) is 0 Å². The molecule has 2 heterocycles. The monoisotopic (exact) mass is 304 g/mol. The van der Waals surface area contributed by atoms with Gasteiger partial charge in [-0.25, -0.2) is 9.97 Å². The fraction of sp³-hybridized carbons (Fsp3) is 0.444. The van der Waals surface area contributed by atoms with E-state index in [4.69, 9.17) is 28.7 Å². The predicted octanol–water partition coefficient (Wildman–Crippen LogP) is -1.16. The largest absolute Gasteiger partial charge is 0.394 e. The van der Waals surface area contributed by atoms with Crippen molar-refractivity contribution >= 4 is 22.3 Å². The van der Waals surface area contributed by atoms with Crippen LogP contribution in [-0.2, 0) is 10.4 Å². The van der Waals surface area contributed by atoms with Gasteiger partial charge in [-0.1, -0.05) is 0 Å². The molecule has 0 bridgehead atoms. The van der Waals surface area contributed by atoms with Gasteiger partial charge < -0.3 is 15.5 Å². The molecular weight excluding hydrogens is 288 g/mol. The lowest BCUT2D eigenvalue weighted by Crippen LogP contribution is -2.51. The third-order valence-electron chi connectivity index (χ3n) is 2.46. The molecule has 1 saturated heterocycles. The van der Waals surface area contributed by atoms with Gasteiger partial charge in [0.15, 0.2) is 5.96 Å². The molecule has 0 aromatic carbocycles. The molecule has 20 heavy (non-hydrogen) atoms. The normalized spacial score (nSPS) is 15.3. The topological polar surface area (TPSA) is 157 Å². The SMILES string of the molecule is N=C(N)N1CCN(c2ncccn2)CC1.O=S(=O)(O)O. The van der Waals surface area contributed by atoms with Crippen LogP contribution in [-0.4, -0.2) is 64.5 Å². The van der Waals surface area contributed by atoms with E-state index in [1.54, 1.807) is 18.5 Å². The van der Waals surface area contributed by atoms with Crippen LogP contribution in [0.25, 0.3) is 0 Å². The highest BCUT2D eigenvalue weighted by molar-refractivity contribution is 7.79. The van der Waals surface area contributed by atoms with Crippen molar-refractivity contribution in [2.75, 3.05) is 31.1 Å². The highest BCUT2D eigenvalue weighted by Crippen LogP contribution is 2.08. The van der Waals surface area contributed by atoms with E-state index in [9.17, 15) is 0 Å². The van der Waals surface area contributed by atoms with Crippen LogP contribution in [0.5, 0.6) is 0 Å². The van der Waals surface area contributed by atoms with Crippen LogP contribution in [0, 0.1) is 5.41 Å². The molecule has 0 saturated carbocycles. The Morgan fingerprint density at radius 3 is 2.05 bits per heavy atom. The van der Waals surface area contributed by atoms with E-state index in [2.05, 4.69) is 14.9 Å². The molecule has 1 aliphatic heterocycles. The first-order chi connectivity index (χ1) is 9.27. The van der Waals surface area contributed by atoms with Crippen LogP contribution in [0.4, 0.5) is 5.95 Å². The van der Waals surface area contributed by atoms with E-state index in [-0.39, 0.29) is 5.96 Å². The number of nitrogens with one attached hydrogen (secondary N) is 1. The van der Waals surface area contributed by atoms with Gasteiger partial charge in [0, 0.05) is 38.6 Å². The van der Waals surface area contributed by atoms with Crippen molar-refractivity contribution in [3.63, 3.8) is 0 Å². The van der Waals surface area contributed by atoms with Crippen LogP contribution >= 0.6 is 0 Å². The Balaban J connectivity index is 0.000000347. The van der Waals surface area contributed by atoms with Crippen molar-refractivity contribution in [1.29, 1.82) is 5.41 Å². The summed E-state index contributed by atoms with van der Waals surface area (Å²) in [6, 6.07) is 1.80. The summed E-state index contributed by atoms with van der Waals surface area (Å²) in [5.74, 6) is 0.893. The van der Waals surface area contributed by atoms with Gasteiger partial charge in [-0.3, -0.25) is 14.5 Å². The maximum absolute atomic E-state index is 8.74. The van der Waals surface area contributed by atoms with Crippen LogP contribution < -0.4 is 10.6 Å². The second kappa shape index (κ2) is 6.98. The van der Waals surface area contributed by atoms with Gasteiger partial charge >= 0.3 is 10.4 Å². The standard InChI is InChI=1S/C9H14N6.H2O4S/c10-8(11)14-4-6-15(7-5-14)9-12-2-1-3-13-9;1-5(2,3)4/h1-3H,4-7H2,(H3,10,11);(H2,1,2,3,4). The van der Waals surface area contributed by atoms with Crippen LogP contribution in [0.3, 0.4) is 0 Å². The third-order valence-corrected chi connectivity index (χ3v) is 2.46. The highest BCUT2D eigenvalue weighted by Gasteiger charge is 2.18. The van der Waals surface area contributed by atoms with Gasteiger partial charge in [0.25, 0.3) is 0 Å². The van der Waals surface area contributed by atoms with Crippen molar-refractivity contribution in [3.8, 4) is 0 Å². The first kappa shape index (κ1) is 16.1. The van der Waals surface area contributed by atoms with Crippen LogP contribution in [0.2, 0.25) is 0 Å². The first-order valence-electron chi connectivity index (χ1n) is 5.58. The van der Waals surface area contributed by atoms with Gasteiger partial charge in [-0.15, -0.1) is 0 Å². The summed E-state index contributed by atoms with van der Waals surface area (Å²) < 4.78 is 31.6. The Bertz CT molecular complexity index is 521. The summed E-state index contributed by atoms with van der Waals surface area (Å²) in [6.07, 6.45) is 3.47. The molecular formula is C9H16N6O4S. The molecule has 0 aliphatic carbocycles. The first-order valence-corrected chi connectivity index (χ1v) is 6.98. The molecule has 5 N–H and O–H groups in total. The minimum Gasteiger partial charge on any atom is -0.370 e. The summed E-state index contributed by atoms with van der Waals surface area (Å²) in [4.78, 5) is 12.3. The van der Waals surface area contributed by atoms with Crippen LogP contribution in [0.1, 0.15) is 0 Å². The second-order valence-corrected chi connectivity index (χ2v) is 4.75. The lowest BCUT2D eigenvalue weighted by atomic mass is 10.3. The molecule has 0 spiro atoms. The molecule has 0 atom stereocenters. The molecule has 10 nitrogen and oxygen atoms in total. The number of rotatable bonds is 1. The number of anilines is 1.